The highest BCUT2D eigenvalue weighted by atomic mass is 79.9. The van der Waals surface area contributed by atoms with Crippen LogP contribution in [0.25, 0.3) is 0 Å². The molecule has 2 N–H and O–H groups in total. The summed E-state index contributed by atoms with van der Waals surface area (Å²) < 4.78 is 6.32. The normalized spacial score (nSPS) is 10.2. The molecular weight excluding hydrogens is 340 g/mol. The van der Waals surface area contributed by atoms with Crippen molar-refractivity contribution in [2.45, 2.75) is 0 Å². The molecule has 0 saturated heterocycles. The molecule has 14 heavy (non-hydrogen) atoms. The highest BCUT2D eigenvalue weighted by Gasteiger charge is 2.21. The van der Waals surface area contributed by atoms with Gasteiger partial charge in [-0.15, -0.1) is 11.3 Å². The van der Waals surface area contributed by atoms with Crippen LogP contribution in [-0.2, 0) is 0 Å². The fraction of sp³-hybridized carbons (Fsp3) is 0.286. The van der Waals surface area contributed by atoms with Crippen LogP contribution in [0.4, 0.5) is 0 Å². The molecular formula is C7H6Br2O4S. The van der Waals surface area contributed by atoms with Crippen molar-refractivity contribution < 1.29 is 19.7 Å². The Hall–Kier alpha value is -0.110. The van der Waals surface area contributed by atoms with Crippen LogP contribution in [0.2, 0.25) is 0 Å². The first-order valence-electron chi connectivity index (χ1n) is 3.52. The fourth-order valence-electron chi connectivity index (χ4n) is 0.787. The van der Waals surface area contributed by atoms with E-state index in [0.29, 0.717) is 8.26 Å². The third-order valence-electron chi connectivity index (χ3n) is 1.30. The van der Waals surface area contributed by atoms with Gasteiger partial charge < -0.3 is 14.9 Å². The molecule has 7 heteroatoms. The number of aliphatic hydroxyl groups excluding tert-OH is 1. The molecule has 0 fully saturated rings. The van der Waals surface area contributed by atoms with Crippen LogP contribution in [-0.4, -0.2) is 29.4 Å². The SMILES string of the molecule is O=C(O)c1sc(Br)c(Br)c1OCCO. The van der Waals surface area contributed by atoms with Crippen molar-refractivity contribution in [1.82, 2.24) is 0 Å². The largest absolute Gasteiger partial charge is 0.488 e. The highest BCUT2D eigenvalue weighted by molar-refractivity contribution is 9.13. The number of thiophene rings is 1. The van der Waals surface area contributed by atoms with Crippen molar-refractivity contribution in [2.24, 2.45) is 0 Å². The average molecular weight is 346 g/mol. The number of carbonyl (C=O) groups is 1. The van der Waals surface area contributed by atoms with Crippen molar-refractivity contribution in [1.29, 1.82) is 0 Å². The Kier molecular flexibility index (Phi) is 4.36. The van der Waals surface area contributed by atoms with Crippen LogP contribution in [0.1, 0.15) is 9.67 Å². The van der Waals surface area contributed by atoms with Gasteiger partial charge in [0.15, 0.2) is 10.6 Å². The Balaban J connectivity index is 3.03. The van der Waals surface area contributed by atoms with E-state index >= 15 is 0 Å². The molecule has 0 unspecified atom stereocenters. The first kappa shape index (κ1) is 12.0. The van der Waals surface area contributed by atoms with Crippen molar-refractivity contribution in [3.63, 3.8) is 0 Å². The molecule has 4 nitrogen and oxygen atoms in total. The predicted octanol–water partition coefficient (Wildman–Crippen LogP) is 2.34. The van der Waals surface area contributed by atoms with Crippen LogP contribution >= 0.6 is 43.2 Å². The van der Waals surface area contributed by atoms with Crippen molar-refractivity contribution in [2.75, 3.05) is 13.2 Å². The Labute approximate surface area is 101 Å². The maximum atomic E-state index is 10.8. The van der Waals surface area contributed by atoms with Gasteiger partial charge in [0.25, 0.3) is 0 Å². The van der Waals surface area contributed by atoms with Crippen LogP contribution < -0.4 is 4.74 Å². The molecule has 0 amide bonds. The second kappa shape index (κ2) is 5.11. The van der Waals surface area contributed by atoms with Gasteiger partial charge in [-0.1, -0.05) is 0 Å². The molecule has 1 aromatic rings. The van der Waals surface area contributed by atoms with Crippen molar-refractivity contribution in [3.8, 4) is 5.75 Å². The lowest BCUT2D eigenvalue weighted by Crippen LogP contribution is -2.04. The van der Waals surface area contributed by atoms with Crippen molar-refractivity contribution in [3.05, 3.63) is 13.1 Å². The van der Waals surface area contributed by atoms with Gasteiger partial charge in [0.2, 0.25) is 0 Å². The van der Waals surface area contributed by atoms with Crippen LogP contribution in [0.15, 0.2) is 8.26 Å². The number of rotatable bonds is 4. The standard InChI is InChI=1S/C7H6Br2O4S/c8-3-4(13-2-1-10)5(7(11)12)14-6(3)9/h10H,1-2H2,(H,11,12). The topological polar surface area (TPSA) is 66.8 Å². The number of aromatic carboxylic acids is 1. The lowest BCUT2D eigenvalue weighted by atomic mass is 10.4. The molecule has 0 aliphatic carbocycles. The van der Waals surface area contributed by atoms with Gasteiger partial charge in [0.1, 0.15) is 6.61 Å². The molecule has 1 rings (SSSR count). The van der Waals surface area contributed by atoms with E-state index in [0.717, 1.165) is 11.3 Å². The molecule has 0 saturated carbocycles. The number of carboxylic acids is 1. The van der Waals surface area contributed by atoms with Gasteiger partial charge >= 0.3 is 5.97 Å². The molecule has 78 valence electrons. The third-order valence-corrected chi connectivity index (χ3v) is 4.68. The van der Waals surface area contributed by atoms with Crippen LogP contribution in [0, 0.1) is 0 Å². The van der Waals surface area contributed by atoms with Crippen molar-refractivity contribution >= 4 is 49.2 Å². The minimum absolute atomic E-state index is 0.0715. The lowest BCUT2D eigenvalue weighted by molar-refractivity contribution is 0.0696. The van der Waals surface area contributed by atoms with E-state index in [1.54, 1.807) is 0 Å². The molecule has 0 aromatic carbocycles. The van der Waals surface area contributed by atoms with E-state index in [1.807, 2.05) is 0 Å². The molecule has 0 spiro atoms. The maximum Gasteiger partial charge on any atom is 0.349 e. The number of hydrogen-bond acceptors (Lipinski definition) is 4. The summed E-state index contributed by atoms with van der Waals surface area (Å²) in [6.07, 6.45) is 0. The van der Waals surface area contributed by atoms with Gasteiger partial charge in [0.05, 0.1) is 14.9 Å². The van der Waals surface area contributed by atoms with E-state index in [2.05, 4.69) is 31.9 Å². The predicted molar refractivity (Wildman–Crippen MR) is 59.3 cm³/mol. The van der Waals surface area contributed by atoms with Gasteiger partial charge in [-0.2, -0.15) is 0 Å². The Morgan fingerprint density at radius 3 is 2.64 bits per heavy atom. The van der Waals surface area contributed by atoms with Crippen LogP contribution in [0.3, 0.4) is 0 Å². The average Bonchev–Trinajstić information content (AvgIpc) is 2.41. The van der Waals surface area contributed by atoms with Gasteiger partial charge in [-0.25, -0.2) is 4.79 Å². The smallest absolute Gasteiger partial charge is 0.349 e. The lowest BCUT2D eigenvalue weighted by Gasteiger charge is -2.03. The van der Waals surface area contributed by atoms with E-state index in [9.17, 15) is 4.79 Å². The molecule has 0 radical (unpaired) electrons. The first-order chi connectivity index (χ1) is 6.57. The summed E-state index contributed by atoms with van der Waals surface area (Å²) in [6, 6.07) is 0. The molecule has 1 heterocycles. The Morgan fingerprint density at radius 2 is 2.14 bits per heavy atom. The number of aliphatic hydroxyl groups is 1. The summed E-state index contributed by atoms with van der Waals surface area (Å²) in [7, 11) is 0. The Morgan fingerprint density at radius 1 is 1.50 bits per heavy atom. The van der Waals surface area contributed by atoms with E-state index in [4.69, 9.17) is 14.9 Å². The summed E-state index contributed by atoms with van der Waals surface area (Å²) in [5.74, 6) is -0.794. The number of hydrogen-bond donors (Lipinski definition) is 2. The first-order valence-corrected chi connectivity index (χ1v) is 5.93. The summed E-state index contributed by atoms with van der Waals surface area (Å²) in [6.45, 7) is -0.0823. The monoisotopic (exact) mass is 344 g/mol. The summed E-state index contributed by atoms with van der Waals surface area (Å²) in [5, 5.41) is 17.4. The summed E-state index contributed by atoms with van der Waals surface area (Å²) in [4.78, 5) is 10.9. The zero-order valence-electron chi connectivity index (χ0n) is 6.79. The maximum absolute atomic E-state index is 10.8. The Bertz CT molecular complexity index is 350. The zero-order chi connectivity index (χ0) is 10.7. The second-order valence-corrected chi connectivity index (χ2v) is 5.36. The highest BCUT2D eigenvalue weighted by Crippen LogP contribution is 2.43. The quantitative estimate of drug-likeness (QED) is 0.879. The van der Waals surface area contributed by atoms with E-state index < -0.39 is 5.97 Å². The fourth-order valence-corrected chi connectivity index (χ4v) is 2.84. The van der Waals surface area contributed by atoms with Gasteiger partial charge in [0, 0.05) is 0 Å². The number of ether oxygens (including phenoxy) is 1. The molecule has 0 aliphatic heterocycles. The van der Waals surface area contributed by atoms with E-state index in [1.165, 1.54) is 0 Å². The summed E-state index contributed by atoms with van der Waals surface area (Å²) >= 11 is 7.45. The molecule has 0 aliphatic rings. The molecule has 0 atom stereocenters. The third kappa shape index (κ3) is 2.47. The minimum atomic E-state index is -1.05. The number of halogens is 2. The molecule has 1 aromatic heterocycles. The van der Waals surface area contributed by atoms with E-state index in [-0.39, 0.29) is 23.8 Å². The zero-order valence-corrected chi connectivity index (χ0v) is 10.8. The summed E-state index contributed by atoms with van der Waals surface area (Å²) in [5.41, 5.74) is 0. The van der Waals surface area contributed by atoms with Gasteiger partial charge in [-0.3, -0.25) is 0 Å². The number of carboxylic acid groups (broad SMARTS) is 1. The second-order valence-electron chi connectivity index (χ2n) is 2.23. The minimum Gasteiger partial charge on any atom is -0.488 e. The van der Waals surface area contributed by atoms with Crippen LogP contribution in [0.5, 0.6) is 5.75 Å². The molecule has 0 bridgehead atoms. The van der Waals surface area contributed by atoms with Gasteiger partial charge in [-0.05, 0) is 31.9 Å².